The lowest BCUT2D eigenvalue weighted by Crippen LogP contribution is -2.23. The maximum atomic E-state index is 10.9. The molecule has 0 fully saturated rings. The molecule has 0 saturated carbocycles. The molecule has 2 N–H and O–H groups in total. The summed E-state index contributed by atoms with van der Waals surface area (Å²) in [5, 5.41) is 0. The minimum absolute atomic E-state index is 0. The van der Waals surface area contributed by atoms with Gasteiger partial charge in [-0.1, -0.05) is 26.2 Å². The standard InChI is InChI=1S/C9H19NO2.ClH/c1-3-4-5-6-7-9(11)12-8(2)10;/h8H,3-7,10H2,1-2H3;1H. The van der Waals surface area contributed by atoms with E-state index in [1.807, 2.05) is 0 Å². The maximum absolute atomic E-state index is 10.9. The largest absolute Gasteiger partial charge is 0.447 e. The summed E-state index contributed by atoms with van der Waals surface area (Å²) in [5.74, 6) is -0.180. The molecule has 13 heavy (non-hydrogen) atoms. The molecule has 0 aromatic rings. The first-order chi connectivity index (χ1) is 5.66. The minimum Gasteiger partial charge on any atom is -0.447 e. The molecule has 0 aromatic carbocycles. The van der Waals surface area contributed by atoms with Gasteiger partial charge in [0.25, 0.3) is 0 Å². The third-order valence-electron chi connectivity index (χ3n) is 1.55. The number of halogens is 1. The van der Waals surface area contributed by atoms with Gasteiger partial charge in [0.15, 0.2) is 0 Å². The lowest BCUT2D eigenvalue weighted by molar-refractivity contribution is -0.148. The number of carbonyl (C=O) groups is 1. The second kappa shape index (κ2) is 9.81. The van der Waals surface area contributed by atoms with Crippen LogP contribution in [-0.4, -0.2) is 12.2 Å². The molecule has 0 aliphatic carbocycles. The van der Waals surface area contributed by atoms with Crippen molar-refractivity contribution in [3.05, 3.63) is 0 Å². The van der Waals surface area contributed by atoms with Crippen LogP contribution in [0.5, 0.6) is 0 Å². The van der Waals surface area contributed by atoms with Gasteiger partial charge in [0, 0.05) is 6.42 Å². The van der Waals surface area contributed by atoms with Gasteiger partial charge in [0.2, 0.25) is 0 Å². The van der Waals surface area contributed by atoms with Gasteiger partial charge in [-0.2, -0.15) is 0 Å². The summed E-state index contributed by atoms with van der Waals surface area (Å²) in [4.78, 5) is 10.9. The molecule has 0 aliphatic heterocycles. The first-order valence-electron chi connectivity index (χ1n) is 4.62. The number of nitrogens with two attached hydrogens (primary N) is 1. The fraction of sp³-hybridized carbons (Fsp3) is 0.889. The van der Waals surface area contributed by atoms with Crippen LogP contribution >= 0.6 is 12.4 Å². The average molecular weight is 210 g/mol. The molecule has 80 valence electrons. The molecule has 0 rings (SSSR count). The van der Waals surface area contributed by atoms with Gasteiger partial charge in [0.05, 0.1) is 0 Å². The summed E-state index contributed by atoms with van der Waals surface area (Å²) >= 11 is 0. The summed E-state index contributed by atoms with van der Waals surface area (Å²) in [5.41, 5.74) is 5.28. The predicted octanol–water partition coefficient (Wildman–Crippen LogP) is 2.23. The maximum Gasteiger partial charge on any atom is 0.307 e. The molecule has 0 spiro atoms. The van der Waals surface area contributed by atoms with Crippen LogP contribution in [0.3, 0.4) is 0 Å². The highest BCUT2D eigenvalue weighted by Crippen LogP contribution is 2.03. The Morgan fingerprint density at radius 1 is 1.38 bits per heavy atom. The number of esters is 1. The van der Waals surface area contributed by atoms with Crippen LogP contribution in [0.1, 0.15) is 46.0 Å². The Kier molecular flexibility index (Phi) is 11.5. The molecule has 0 saturated heterocycles. The molecule has 4 heteroatoms. The molecule has 0 amide bonds. The Morgan fingerprint density at radius 3 is 2.46 bits per heavy atom. The Bertz CT molecular complexity index is 129. The molecule has 0 aliphatic rings. The summed E-state index contributed by atoms with van der Waals surface area (Å²) in [6.45, 7) is 3.80. The first kappa shape index (κ1) is 15.2. The second-order valence-corrected chi connectivity index (χ2v) is 3.01. The van der Waals surface area contributed by atoms with Crippen LogP contribution in [0.15, 0.2) is 0 Å². The van der Waals surface area contributed by atoms with Gasteiger partial charge < -0.3 is 4.74 Å². The van der Waals surface area contributed by atoms with E-state index in [1.165, 1.54) is 12.8 Å². The fourth-order valence-electron chi connectivity index (χ4n) is 0.962. The summed E-state index contributed by atoms with van der Waals surface area (Å²) < 4.78 is 4.77. The van der Waals surface area contributed by atoms with Crippen LogP contribution in [0.4, 0.5) is 0 Å². The lowest BCUT2D eigenvalue weighted by Gasteiger charge is -2.06. The number of rotatable bonds is 6. The SMILES string of the molecule is CCCCCCC(=O)OC(C)N.Cl. The van der Waals surface area contributed by atoms with Crippen LogP contribution < -0.4 is 5.73 Å². The molecular weight excluding hydrogens is 190 g/mol. The Labute approximate surface area is 86.4 Å². The number of hydrogen-bond donors (Lipinski definition) is 1. The van der Waals surface area contributed by atoms with Crippen molar-refractivity contribution in [3.8, 4) is 0 Å². The van der Waals surface area contributed by atoms with Gasteiger partial charge >= 0.3 is 5.97 Å². The van der Waals surface area contributed by atoms with E-state index in [1.54, 1.807) is 6.92 Å². The fourth-order valence-corrected chi connectivity index (χ4v) is 0.962. The summed E-state index contributed by atoms with van der Waals surface area (Å²) in [6, 6.07) is 0. The Balaban J connectivity index is 0. The van der Waals surface area contributed by atoms with E-state index in [-0.39, 0.29) is 18.4 Å². The van der Waals surface area contributed by atoms with E-state index in [0.29, 0.717) is 6.42 Å². The van der Waals surface area contributed by atoms with Crippen LogP contribution in [-0.2, 0) is 9.53 Å². The molecule has 1 unspecified atom stereocenters. The van der Waals surface area contributed by atoms with Gasteiger partial charge in [-0.3, -0.25) is 10.5 Å². The van der Waals surface area contributed by atoms with E-state index in [9.17, 15) is 4.79 Å². The Hall–Kier alpha value is -0.280. The zero-order valence-electron chi connectivity index (χ0n) is 8.41. The lowest BCUT2D eigenvalue weighted by atomic mass is 10.2. The summed E-state index contributed by atoms with van der Waals surface area (Å²) in [7, 11) is 0. The second-order valence-electron chi connectivity index (χ2n) is 3.01. The molecular formula is C9H20ClNO2. The van der Waals surface area contributed by atoms with Crippen molar-refractivity contribution < 1.29 is 9.53 Å². The third kappa shape index (κ3) is 11.7. The molecule has 1 atom stereocenters. The molecule has 0 heterocycles. The van der Waals surface area contributed by atoms with Gasteiger partial charge in [-0.05, 0) is 13.3 Å². The predicted molar refractivity (Wildman–Crippen MR) is 55.7 cm³/mol. The summed E-state index contributed by atoms with van der Waals surface area (Å²) in [6.07, 6.45) is 4.42. The molecule has 3 nitrogen and oxygen atoms in total. The van der Waals surface area contributed by atoms with Gasteiger partial charge in [-0.15, -0.1) is 12.4 Å². The van der Waals surface area contributed by atoms with E-state index >= 15 is 0 Å². The highest BCUT2D eigenvalue weighted by molar-refractivity contribution is 5.85. The average Bonchev–Trinajstić information content (AvgIpc) is 1.97. The van der Waals surface area contributed by atoms with E-state index in [4.69, 9.17) is 10.5 Å². The van der Waals surface area contributed by atoms with Crippen molar-refractivity contribution >= 4 is 18.4 Å². The zero-order valence-corrected chi connectivity index (χ0v) is 9.23. The number of carbonyl (C=O) groups excluding carboxylic acids is 1. The van der Waals surface area contributed by atoms with Crippen molar-refractivity contribution in [2.75, 3.05) is 0 Å². The van der Waals surface area contributed by atoms with Crippen molar-refractivity contribution in [1.29, 1.82) is 0 Å². The highest BCUT2D eigenvalue weighted by Gasteiger charge is 2.03. The smallest absolute Gasteiger partial charge is 0.307 e. The number of hydrogen-bond acceptors (Lipinski definition) is 3. The molecule has 0 radical (unpaired) electrons. The Morgan fingerprint density at radius 2 is 2.00 bits per heavy atom. The normalized spacial score (nSPS) is 11.6. The van der Waals surface area contributed by atoms with Crippen molar-refractivity contribution in [2.24, 2.45) is 5.73 Å². The van der Waals surface area contributed by atoms with Crippen LogP contribution in [0.25, 0.3) is 0 Å². The van der Waals surface area contributed by atoms with Crippen LogP contribution in [0, 0.1) is 0 Å². The van der Waals surface area contributed by atoms with Crippen molar-refractivity contribution in [3.63, 3.8) is 0 Å². The number of ether oxygens (including phenoxy) is 1. The van der Waals surface area contributed by atoms with Crippen molar-refractivity contribution in [1.82, 2.24) is 0 Å². The van der Waals surface area contributed by atoms with Crippen LogP contribution in [0.2, 0.25) is 0 Å². The molecule has 0 bridgehead atoms. The van der Waals surface area contributed by atoms with E-state index < -0.39 is 6.23 Å². The quantitative estimate of drug-likeness (QED) is 0.415. The van der Waals surface area contributed by atoms with E-state index in [0.717, 1.165) is 12.8 Å². The van der Waals surface area contributed by atoms with Gasteiger partial charge in [-0.25, -0.2) is 0 Å². The number of unbranched alkanes of at least 4 members (excludes halogenated alkanes) is 3. The topological polar surface area (TPSA) is 52.3 Å². The van der Waals surface area contributed by atoms with Crippen molar-refractivity contribution in [2.45, 2.75) is 52.2 Å². The minimum atomic E-state index is -0.469. The third-order valence-corrected chi connectivity index (χ3v) is 1.55. The first-order valence-corrected chi connectivity index (χ1v) is 4.62. The zero-order chi connectivity index (χ0) is 9.40. The highest BCUT2D eigenvalue weighted by atomic mass is 35.5. The molecule has 0 aromatic heterocycles. The monoisotopic (exact) mass is 209 g/mol. The van der Waals surface area contributed by atoms with E-state index in [2.05, 4.69) is 6.92 Å². The van der Waals surface area contributed by atoms with Gasteiger partial charge in [0.1, 0.15) is 6.23 Å².